The Labute approximate surface area is 82.0 Å². The fraction of sp³-hybridized carbons (Fsp3) is 0.400. The first-order valence-corrected chi connectivity index (χ1v) is 5.07. The van der Waals surface area contributed by atoms with Crippen LogP contribution in [0.25, 0.3) is 0 Å². The Hall–Kier alpha value is -0.700. The lowest BCUT2D eigenvalue weighted by atomic mass is 10.2. The van der Waals surface area contributed by atoms with E-state index in [4.69, 9.17) is 0 Å². The van der Waals surface area contributed by atoms with Gasteiger partial charge in [-0.2, -0.15) is 0 Å². The molecule has 1 aromatic rings. The van der Waals surface area contributed by atoms with Gasteiger partial charge in [0, 0.05) is 10.6 Å². The maximum Gasteiger partial charge on any atom is 0.129 e. The predicted octanol–water partition coefficient (Wildman–Crippen LogP) is 3.23. The van der Waals surface area contributed by atoms with Gasteiger partial charge in [0.25, 0.3) is 0 Å². The van der Waals surface area contributed by atoms with Crippen molar-refractivity contribution in [2.75, 3.05) is 5.75 Å². The van der Waals surface area contributed by atoms with Crippen LogP contribution in [0.3, 0.4) is 0 Å². The minimum absolute atomic E-state index is 0.219. The lowest BCUT2D eigenvalue weighted by Crippen LogP contribution is -2.14. The van der Waals surface area contributed by atoms with E-state index in [0.717, 1.165) is 4.90 Å². The molecule has 0 aliphatic rings. The zero-order valence-electron chi connectivity index (χ0n) is 7.75. The number of phenolic OH excluding ortho intramolecular Hbond substituents is 1. The van der Waals surface area contributed by atoms with E-state index in [1.165, 1.54) is 25.6 Å². The van der Waals surface area contributed by atoms with Crippen LogP contribution in [-0.2, 0) is 0 Å². The van der Waals surface area contributed by atoms with Crippen molar-refractivity contribution in [1.82, 2.24) is 0 Å². The fourth-order valence-electron chi connectivity index (χ4n) is 0.829. The van der Waals surface area contributed by atoms with E-state index in [2.05, 4.69) is 0 Å². The first-order valence-electron chi connectivity index (χ1n) is 4.09. The minimum atomic E-state index is -1.20. The molecule has 0 fully saturated rings. The number of para-hydroxylation sites is 1. The van der Waals surface area contributed by atoms with Gasteiger partial charge in [0.1, 0.15) is 11.4 Å². The molecular weight excluding hydrogens is 187 g/mol. The Balaban J connectivity index is 2.60. The van der Waals surface area contributed by atoms with Gasteiger partial charge in [0.2, 0.25) is 0 Å². The average Bonchev–Trinajstić information content (AvgIpc) is 2.01. The number of aromatic hydroxyl groups is 1. The average molecular weight is 200 g/mol. The van der Waals surface area contributed by atoms with Crippen LogP contribution in [0.15, 0.2) is 29.2 Å². The summed E-state index contributed by atoms with van der Waals surface area (Å²) < 4.78 is 13.1. The Kier molecular flexibility index (Phi) is 3.20. The topological polar surface area (TPSA) is 20.2 Å². The Morgan fingerprint density at radius 3 is 2.54 bits per heavy atom. The molecule has 0 radical (unpaired) electrons. The third-order valence-corrected chi connectivity index (χ3v) is 2.92. The Morgan fingerprint density at radius 2 is 2.00 bits per heavy atom. The number of hydrogen-bond acceptors (Lipinski definition) is 2. The molecule has 0 bridgehead atoms. The molecule has 0 aliphatic carbocycles. The summed E-state index contributed by atoms with van der Waals surface area (Å²) in [7, 11) is 0. The summed E-state index contributed by atoms with van der Waals surface area (Å²) in [6, 6.07) is 6.96. The molecule has 1 N–H and O–H groups in total. The summed E-state index contributed by atoms with van der Waals surface area (Å²) in [5.41, 5.74) is -1.20. The van der Waals surface area contributed by atoms with Crippen molar-refractivity contribution in [3.8, 4) is 5.75 Å². The van der Waals surface area contributed by atoms with Crippen LogP contribution in [0.2, 0.25) is 0 Å². The molecule has 1 nitrogen and oxygen atoms in total. The molecule has 0 aliphatic heterocycles. The largest absolute Gasteiger partial charge is 0.507 e. The smallest absolute Gasteiger partial charge is 0.129 e. The lowest BCUT2D eigenvalue weighted by Gasteiger charge is -2.13. The summed E-state index contributed by atoms with van der Waals surface area (Å²) in [5.74, 6) is 0.571. The van der Waals surface area contributed by atoms with Gasteiger partial charge in [-0.05, 0) is 26.0 Å². The van der Waals surface area contributed by atoms with Gasteiger partial charge in [0.15, 0.2) is 0 Å². The van der Waals surface area contributed by atoms with Crippen LogP contribution < -0.4 is 0 Å². The predicted molar refractivity (Wildman–Crippen MR) is 54.0 cm³/mol. The molecule has 1 rings (SSSR count). The first kappa shape index (κ1) is 10.4. The van der Waals surface area contributed by atoms with Crippen LogP contribution in [0.4, 0.5) is 4.39 Å². The van der Waals surface area contributed by atoms with E-state index in [0.29, 0.717) is 5.75 Å². The minimum Gasteiger partial charge on any atom is -0.507 e. The third-order valence-electron chi connectivity index (χ3n) is 1.44. The van der Waals surface area contributed by atoms with Crippen molar-refractivity contribution in [2.45, 2.75) is 24.4 Å². The van der Waals surface area contributed by atoms with Gasteiger partial charge in [-0.25, -0.2) is 4.39 Å². The molecule has 0 saturated heterocycles. The molecule has 0 spiro atoms. The lowest BCUT2D eigenvalue weighted by molar-refractivity contribution is 0.253. The normalized spacial score (nSPS) is 11.6. The highest BCUT2D eigenvalue weighted by Crippen LogP contribution is 2.30. The number of benzene rings is 1. The molecule has 0 saturated carbocycles. The second kappa shape index (κ2) is 4.01. The second-order valence-corrected chi connectivity index (χ2v) is 4.49. The molecule has 0 heterocycles. The quantitative estimate of drug-likeness (QED) is 0.756. The summed E-state index contributed by atoms with van der Waals surface area (Å²) in [4.78, 5) is 0.730. The van der Waals surface area contributed by atoms with Crippen molar-refractivity contribution in [3.05, 3.63) is 24.3 Å². The zero-order chi connectivity index (χ0) is 9.90. The van der Waals surface area contributed by atoms with E-state index < -0.39 is 5.67 Å². The number of hydrogen-bond donors (Lipinski definition) is 1. The van der Waals surface area contributed by atoms with E-state index in [1.54, 1.807) is 18.2 Å². The second-order valence-electron chi connectivity index (χ2n) is 3.48. The van der Waals surface area contributed by atoms with Gasteiger partial charge in [-0.15, -0.1) is 11.8 Å². The van der Waals surface area contributed by atoms with E-state index in [1.807, 2.05) is 6.07 Å². The van der Waals surface area contributed by atoms with Crippen LogP contribution in [0.5, 0.6) is 5.75 Å². The summed E-state index contributed by atoms with van der Waals surface area (Å²) in [6.45, 7) is 3.06. The van der Waals surface area contributed by atoms with Crippen LogP contribution in [-0.4, -0.2) is 16.5 Å². The van der Waals surface area contributed by atoms with E-state index in [9.17, 15) is 9.50 Å². The maximum absolute atomic E-state index is 13.1. The van der Waals surface area contributed by atoms with E-state index in [-0.39, 0.29) is 5.75 Å². The number of rotatable bonds is 3. The summed E-state index contributed by atoms with van der Waals surface area (Å²) in [6.07, 6.45) is 0. The number of halogens is 1. The van der Waals surface area contributed by atoms with Crippen LogP contribution in [0, 0.1) is 0 Å². The highest BCUT2D eigenvalue weighted by molar-refractivity contribution is 7.99. The highest BCUT2D eigenvalue weighted by Gasteiger charge is 2.16. The summed E-state index contributed by atoms with van der Waals surface area (Å²) in [5, 5.41) is 9.36. The molecule has 13 heavy (non-hydrogen) atoms. The fourth-order valence-corrected chi connectivity index (χ4v) is 1.72. The van der Waals surface area contributed by atoms with Crippen molar-refractivity contribution in [1.29, 1.82) is 0 Å². The highest BCUT2D eigenvalue weighted by atomic mass is 32.2. The number of alkyl halides is 1. The van der Waals surface area contributed by atoms with Gasteiger partial charge in [-0.1, -0.05) is 12.1 Å². The van der Waals surface area contributed by atoms with Crippen LogP contribution >= 0.6 is 11.8 Å². The number of phenols is 1. The zero-order valence-corrected chi connectivity index (χ0v) is 8.57. The van der Waals surface area contributed by atoms with Gasteiger partial charge in [0.05, 0.1) is 0 Å². The number of thioether (sulfide) groups is 1. The molecule has 0 unspecified atom stereocenters. The van der Waals surface area contributed by atoms with Gasteiger partial charge >= 0.3 is 0 Å². The first-order chi connectivity index (χ1) is 5.99. The van der Waals surface area contributed by atoms with E-state index >= 15 is 0 Å². The maximum atomic E-state index is 13.1. The van der Waals surface area contributed by atoms with Crippen molar-refractivity contribution in [2.24, 2.45) is 0 Å². The molecule has 3 heteroatoms. The molecular formula is C10H13FOS. The molecule has 72 valence electrons. The Bertz CT molecular complexity index is 280. The van der Waals surface area contributed by atoms with Crippen molar-refractivity contribution < 1.29 is 9.50 Å². The molecule has 0 aromatic heterocycles. The molecule has 1 aromatic carbocycles. The van der Waals surface area contributed by atoms with Crippen LogP contribution in [0.1, 0.15) is 13.8 Å². The summed E-state index contributed by atoms with van der Waals surface area (Å²) >= 11 is 1.33. The third kappa shape index (κ3) is 3.68. The standard InChI is InChI=1S/C10H13FOS/c1-10(2,11)7-13-9-6-4-3-5-8(9)12/h3-6,12H,7H2,1-2H3. The SMILES string of the molecule is CC(C)(F)CSc1ccccc1O. The van der Waals surface area contributed by atoms with Crippen molar-refractivity contribution >= 4 is 11.8 Å². The monoisotopic (exact) mass is 200 g/mol. The van der Waals surface area contributed by atoms with Gasteiger partial charge < -0.3 is 5.11 Å². The van der Waals surface area contributed by atoms with Crippen molar-refractivity contribution in [3.63, 3.8) is 0 Å². The Morgan fingerprint density at radius 1 is 1.38 bits per heavy atom. The molecule has 0 amide bonds. The van der Waals surface area contributed by atoms with Gasteiger partial charge in [-0.3, -0.25) is 0 Å². The molecule has 0 atom stereocenters.